The molecule has 0 aromatic rings. The summed E-state index contributed by atoms with van der Waals surface area (Å²) in [4.78, 5) is 0. The van der Waals surface area contributed by atoms with Crippen molar-refractivity contribution in [2.45, 2.75) is 6.42 Å². The molecule has 0 atom stereocenters. The zero-order valence-electron chi connectivity index (χ0n) is 12.2. The molecule has 0 heterocycles. The normalized spacial score (nSPS) is 11.1. The lowest BCUT2D eigenvalue weighted by Crippen LogP contribution is -2.11. The summed E-state index contributed by atoms with van der Waals surface area (Å²) < 4.78 is 31.0. The Morgan fingerprint density at radius 2 is 0.737 bits per heavy atom. The summed E-state index contributed by atoms with van der Waals surface area (Å²) in [6.07, 6.45) is 0.885. The lowest BCUT2D eigenvalue weighted by atomic mass is 10.5. The van der Waals surface area contributed by atoms with Crippen LogP contribution in [-0.4, -0.2) is 80.3 Å². The van der Waals surface area contributed by atoms with Crippen LogP contribution in [0.3, 0.4) is 0 Å². The Morgan fingerprint density at radius 3 is 1.11 bits per heavy atom. The molecule has 0 radical (unpaired) electrons. The Kier molecular flexibility index (Phi) is 17.5. The predicted molar refractivity (Wildman–Crippen MR) is 71.6 cm³/mol. The second-order valence-corrected chi connectivity index (χ2v) is 3.79. The van der Waals surface area contributed by atoms with Crippen LogP contribution in [0.2, 0.25) is 0 Å². The van der Waals surface area contributed by atoms with E-state index >= 15 is 0 Å². The molecule has 0 aliphatic heterocycles. The number of rotatable bonds is 16. The van der Waals surface area contributed by atoms with Crippen molar-refractivity contribution < 1.29 is 28.4 Å². The smallest absolute Gasteiger partial charge is 0.0701 e. The molecule has 6 heteroatoms. The largest absolute Gasteiger partial charge is 0.382 e. The van der Waals surface area contributed by atoms with E-state index in [0.29, 0.717) is 66.1 Å². The van der Waals surface area contributed by atoms with Crippen LogP contribution < -0.4 is 0 Å². The third-order valence-corrected chi connectivity index (χ3v) is 2.18. The van der Waals surface area contributed by atoms with Gasteiger partial charge in [0.25, 0.3) is 0 Å². The van der Waals surface area contributed by atoms with Crippen LogP contribution in [0.1, 0.15) is 6.42 Å². The van der Waals surface area contributed by atoms with Gasteiger partial charge in [-0.25, -0.2) is 0 Å². The molecule has 116 valence electrons. The molecule has 0 amide bonds. The summed E-state index contributed by atoms with van der Waals surface area (Å²) >= 11 is 0. The molecule has 19 heavy (non-hydrogen) atoms. The molecule has 0 aliphatic carbocycles. The lowest BCUT2D eigenvalue weighted by molar-refractivity contribution is 0.00681. The number of hydrogen-bond donors (Lipinski definition) is 0. The first kappa shape index (κ1) is 18.8. The minimum Gasteiger partial charge on any atom is -0.382 e. The van der Waals surface area contributed by atoms with Gasteiger partial charge < -0.3 is 28.4 Å². The van der Waals surface area contributed by atoms with Gasteiger partial charge in [0, 0.05) is 27.4 Å². The maximum atomic E-state index is 5.38. The first-order valence-electron chi connectivity index (χ1n) is 6.70. The van der Waals surface area contributed by atoms with Crippen molar-refractivity contribution in [1.29, 1.82) is 0 Å². The van der Waals surface area contributed by atoms with Crippen molar-refractivity contribution >= 4 is 0 Å². The van der Waals surface area contributed by atoms with Gasteiger partial charge in [0.15, 0.2) is 0 Å². The van der Waals surface area contributed by atoms with Crippen molar-refractivity contribution in [3.63, 3.8) is 0 Å². The number of hydrogen-bond acceptors (Lipinski definition) is 6. The van der Waals surface area contributed by atoms with Gasteiger partial charge >= 0.3 is 0 Å². The molecule has 0 aliphatic rings. The average Bonchev–Trinajstić information content (AvgIpc) is 2.43. The molecular weight excluding hydrogens is 252 g/mol. The van der Waals surface area contributed by atoms with E-state index in [-0.39, 0.29) is 0 Å². The summed E-state index contributed by atoms with van der Waals surface area (Å²) in [5.41, 5.74) is 0. The molecule has 0 spiro atoms. The number of ether oxygens (including phenoxy) is 6. The van der Waals surface area contributed by atoms with Crippen LogP contribution in [-0.2, 0) is 28.4 Å². The maximum Gasteiger partial charge on any atom is 0.0701 e. The Hall–Kier alpha value is -0.240. The second kappa shape index (κ2) is 17.8. The van der Waals surface area contributed by atoms with Crippen LogP contribution in [0.15, 0.2) is 0 Å². The third-order valence-electron chi connectivity index (χ3n) is 2.18. The van der Waals surface area contributed by atoms with E-state index < -0.39 is 0 Å². The average molecular weight is 280 g/mol. The highest BCUT2D eigenvalue weighted by Gasteiger charge is 1.93. The van der Waals surface area contributed by atoms with Crippen molar-refractivity contribution in [3.8, 4) is 0 Å². The lowest BCUT2D eigenvalue weighted by Gasteiger charge is -2.07. The monoisotopic (exact) mass is 280 g/mol. The van der Waals surface area contributed by atoms with Gasteiger partial charge in [-0.2, -0.15) is 0 Å². The Morgan fingerprint density at radius 1 is 0.421 bits per heavy atom. The fraction of sp³-hybridized carbons (Fsp3) is 1.00. The fourth-order valence-electron chi connectivity index (χ4n) is 1.19. The molecule has 0 N–H and O–H groups in total. The van der Waals surface area contributed by atoms with Gasteiger partial charge in [0.2, 0.25) is 0 Å². The van der Waals surface area contributed by atoms with Gasteiger partial charge in [-0.05, 0) is 6.42 Å². The van der Waals surface area contributed by atoms with Crippen molar-refractivity contribution in [2.24, 2.45) is 0 Å². The molecule has 0 unspecified atom stereocenters. The highest BCUT2D eigenvalue weighted by Crippen LogP contribution is 1.87. The first-order valence-corrected chi connectivity index (χ1v) is 6.70. The quantitative estimate of drug-likeness (QED) is 0.389. The minimum atomic E-state index is 0.609. The topological polar surface area (TPSA) is 55.4 Å². The van der Waals surface area contributed by atoms with Crippen LogP contribution >= 0.6 is 0 Å². The molecular formula is C13H28O6. The van der Waals surface area contributed by atoms with Crippen LogP contribution in [0.25, 0.3) is 0 Å². The molecule has 0 saturated carbocycles. The van der Waals surface area contributed by atoms with Gasteiger partial charge in [-0.1, -0.05) is 0 Å². The summed E-state index contributed by atoms with van der Waals surface area (Å²) in [5, 5.41) is 0. The molecule has 0 aromatic carbocycles. The summed E-state index contributed by atoms with van der Waals surface area (Å²) in [6, 6.07) is 0. The summed E-state index contributed by atoms with van der Waals surface area (Å²) in [6.45, 7) is 6.32. The SMILES string of the molecule is COCCOCCOCCCOCCOCCOC. The molecule has 0 saturated heterocycles. The maximum absolute atomic E-state index is 5.38. The van der Waals surface area contributed by atoms with E-state index in [4.69, 9.17) is 28.4 Å². The Labute approximate surface area is 116 Å². The van der Waals surface area contributed by atoms with Gasteiger partial charge in [0.05, 0.1) is 52.9 Å². The molecule has 0 aromatic heterocycles. The standard InChI is InChI=1S/C13H28O6/c1-14-6-8-18-12-10-16-4-3-5-17-11-13-19-9-7-15-2/h3-13H2,1-2H3. The zero-order chi connectivity index (χ0) is 14.0. The first-order chi connectivity index (χ1) is 9.41. The highest BCUT2D eigenvalue weighted by atomic mass is 16.5. The molecule has 6 nitrogen and oxygen atoms in total. The van der Waals surface area contributed by atoms with Gasteiger partial charge in [0.1, 0.15) is 0 Å². The van der Waals surface area contributed by atoms with E-state index in [0.717, 1.165) is 6.42 Å². The molecule has 0 rings (SSSR count). The van der Waals surface area contributed by atoms with Crippen LogP contribution in [0, 0.1) is 0 Å². The van der Waals surface area contributed by atoms with E-state index in [2.05, 4.69) is 0 Å². The van der Waals surface area contributed by atoms with Gasteiger partial charge in [-0.15, -0.1) is 0 Å². The summed E-state index contributed by atoms with van der Waals surface area (Å²) in [7, 11) is 3.31. The Bertz CT molecular complexity index is 140. The molecule has 0 fully saturated rings. The van der Waals surface area contributed by atoms with E-state index in [1.807, 2.05) is 0 Å². The highest BCUT2D eigenvalue weighted by molar-refractivity contribution is 4.37. The van der Waals surface area contributed by atoms with E-state index in [1.165, 1.54) is 0 Å². The Balaban J connectivity index is 2.88. The zero-order valence-corrected chi connectivity index (χ0v) is 12.2. The van der Waals surface area contributed by atoms with Crippen molar-refractivity contribution in [3.05, 3.63) is 0 Å². The van der Waals surface area contributed by atoms with Crippen LogP contribution in [0.4, 0.5) is 0 Å². The number of methoxy groups -OCH3 is 2. The third kappa shape index (κ3) is 17.8. The van der Waals surface area contributed by atoms with Crippen LogP contribution in [0.5, 0.6) is 0 Å². The van der Waals surface area contributed by atoms with Crippen molar-refractivity contribution in [1.82, 2.24) is 0 Å². The van der Waals surface area contributed by atoms with Crippen molar-refractivity contribution in [2.75, 3.05) is 80.3 Å². The summed E-state index contributed by atoms with van der Waals surface area (Å²) in [5.74, 6) is 0. The van der Waals surface area contributed by atoms with E-state index in [9.17, 15) is 0 Å². The van der Waals surface area contributed by atoms with Gasteiger partial charge in [-0.3, -0.25) is 0 Å². The molecule has 0 bridgehead atoms. The van der Waals surface area contributed by atoms with E-state index in [1.54, 1.807) is 14.2 Å². The predicted octanol–water partition coefficient (Wildman–Crippen LogP) is 0.736. The minimum absolute atomic E-state index is 0.609. The fourth-order valence-corrected chi connectivity index (χ4v) is 1.19. The second-order valence-electron chi connectivity index (χ2n) is 3.79.